The molecule has 0 aliphatic heterocycles. The first-order valence-electron chi connectivity index (χ1n) is 7.15. The van der Waals surface area contributed by atoms with E-state index >= 15 is 0 Å². The van der Waals surface area contributed by atoms with Crippen molar-refractivity contribution in [2.45, 2.75) is 13.1 Å². The molecule has 0 amide bonds. The number of hydrogen-bond acceptors (Lipinski definition) is 5. The Balaban J connectivity index is 2.37. The van der Waals surface area contributed by atoms with E-state index in [0.717, 1.165) is 0 Å². The molecule has 0 atom stereocenters. The molecule has 0 bridgehead atoms. The van der Waals surface area contributed by atoms with Crippen molar-refractivity contribution in [1.29, 1.82) is 10.5 Å². The van der Waals surface area contributed by atoms with Gasteiger partial charge in [0, 0.05) is 5.56 Å². The molecule has 2 aromatic carbocycles. The SMILES string of the molecule is Cc1c(NN=C(C#N)C#N)cccc1Oc1c(F)cc(C(F)(F)F)cc1F. The Bertz CT molecular complexity index is 947. The highest BCUT2D eigenvalue weighted by molar-refractivity contribution is 6.10. The van der Waals surface area contributed by atoms with Gasteiger partial charge in [0.25, 0.3) is 0 Å². The van der Waals surface area contributed by atoms with E-state index < -0.39 is 34.8 Å². The summed E-state index contributed by atoms with van der Waals surface area (Å²) in [5, 5.41) is 20.8. The minimum absolute atomic E-state index is 0.0665. The summed E-state index contributed by atoms with van der Waals surface area (Å²) in [6, 6.07) is 7.56. The van der Waals surface area contributed by atoms with Crippen LogP contribution in [0.3, 0.4) is 0 Å². The Morgan fingerprint density at radius 2 is 1.70 bits per heavy atom. The van der Waals surface area contributed by atoms with Crippen molar-refractivity contribution in [3.8, 4) is 23.6 Å². The van der Waals surface area contributed by atoms with Crippen molar-refractivity contribution < 1.29 is 26.7 Å². The van der Waals surface area contributed by atoms with Crippen LogP contribution in [0.5, 0.6) is 11.5 Å². The van der Waals surface area contributed by atoms with E-state index in [4.69, 9.17) is 15.3 Å². The van der Waals surface area contributed by atoms with E-state index in [0.29, 0.717) is 0 Å². The molecule has 5 nitrogen and oxygen atoms in total. The van der Waals surface area contributed by atoms with E-state index in [1.54, 1.807) is 0 Å². The molecule has 0 saturated heterocycles. The van der Waals surface area contributed by atoms with E-state index in [-0.39, 0.29) is 29.1 Å². The summed E-state index contributed by atoms with van der Waals surface area (Å²) < 4.78 is 70.7. The van der Waals surface area contributed by atoms with Gasteiger partial charge in [0.05, 0.1) is 11.3 Å². The Morgan fingerprint density at radius 1 is 1.11 bits per heavy atom. The summed E-state index contributed by atoms with van der Waals surface area (Å²) >= 11 is 0. The topological polar surface area (TPSA) is 81.2 Å². The molecule has 0 radical (unpaired) electrons. The van der Waals surface area contributed by atoms with Crippen molar-refractivity contribution in [2.75, 3.05) is 5.43 Å². The number of ether oxygens (including phenoxy) is 1. The Kier molecular flexibility index (Phi) is 5.61. The molecule has 0 aliphatic carbocycles. The molecule has 138 valence electrons. The van der Waals surface area contributed by atoms with Crippen LogP contribution in [0.2, 0.25) is 0 Å². The molecule has 1 N–H and O–H groups in total. The third kappa shape index (κ3) is 4.50. The van der Waals surface area contributed by atoms with E-state index in [9.17, 15) is 22.0 Å². The van der Waals surface area contributed by atoms with Crippen LogP contribution in [0.1, 0.15) is 11.1 Å². The maximum atomic E-state index is 13.9. The zero-order valence-electron chi connectivity index (χ0n) is 13.5. The lowest BCUT2D eigenvalue weighted by atomic mass is 10.1. The van der Waals surface area contributed by atoms with Gasteiger partial charge in [-0.15, -0.1) is 0 Å². The van der Waals surface area contributed by atoms with Crippen molar-refractivity contribution >= 4 is 11.4 Å². The Hall–Kier alpha value is -3.66. The lowest BCUT2D eigenvalue weighted by Gasteiger charge is -2.14. The molecule has 0 aliphatic rings. The third-order valence-corrected chi connectivity index (χ3v) is 3.32. The lowest BCUT2D eigenvalue weighted by Crippen LogP contribution is -2.07. The number of anilines is 1. The molecule has 10 heteroatoms. The molecule has 27 heavy (non-hydrogen) atoms. The molecular weight excluding hydrogens is 371 g/mol. The van der Waals surface area contributed by atoms with Crippen LogP contribution in [0.4, 0.5) is 27.6 Å². The van der Waals surface area contributed by atoms with Gasteiger partial charge in [0.1, 0.15) is 17.9 Å². The molecule has 0 heterocycles. The molecule has 0 saturated carbocycles. The molecule has 2 rings (SSSR count). The molecule has 2 aromatic rings. The average Bonchev–Trinajstić information content (AvgIpc) is 2.60. The Morgan fingerprint density at radius 3 is 2.22 bits per heavy atom. The number of nitrogens with one attached hydrogen (secondary N) is 1. The molecule has 0 unspecified atom stereocenters. The minimum atomic E-state index is -4.91. The summed E-state index contributed by atoms with van der Waals surface area (Å²) in [6.07, 6.45) is -4.91. The van der Waals surface area contributed by atoms with Crippen LogP contribution >= 0.6 is 0 Å². The van der Waals surface area contributed by atoms with Gasteiger partial charge in [-0.25, -0.2) is 8.78 Å². The summed E-state index contributed by atoms with van der Waals surface area (Å²) in [5.41, 5.74) is 1.03. The second-order valence-corrected chi connectivity index (χ2v) is 5.09. The van der Waals surface area contributed by atoms with Gasteiger partial charge >= 0.3 is 6.18 Å². The number of nitrogens with zero attached hydrogens (tertiary/aromatic N) is 3. The normalized spacial score (nSPS) is 10.5. The van der Waals surface area contributed by atoms with Gasteiger partial charge in [-0.1, -0.05) is 6.07 Å². The molecular formula is C17H9F5N4O. The van der Waals surface area contributed by atoms with Gasteiger partial charge in [-0.3, -0.25) is 5.43 Å². The highest BCUT2D eigenvalue weighted by Crippen LogP contribution is 2.37. The first-order chi connectivity index (χ1) is 12.7. The number of hydrazone groups is 1. The fourth-order valence-corrected chi connectivity index (χ4v) is 1.97. The number of hydrogen-bond donors (Lipinski definition) is 1. The predicted molar refractivity (Wildman–Crippen MR) is 84.9 cm³/mol. The second-order valence-electron chi connectivity index (χ2n) is 5.09. The van der Waals surface area contributed by atoms with Gasteiger partial charge in [-0.2, -0.15) is 28.8 Å². The standard InChI is InChI=1S/C17H9F5N4O/c1-9-14(26-25-11(7-23)8-24)3-2-4-15(9)27-16-12(18)5-10(6-13(16)19)17(20,21)22/h2-6,26H,1H3. The largest absolute Gasteiger partial charge is 0.451 e. The molecule has 0 spiro atoms. The van der Waals surface area contributed by atoms with Gasteiger partial charge < -0.3 is 4.74 Å². The number of rotatable bonds is 4. The molecule has 0 aromatic heterocycles. The zero-order valence-corrected chi connectivity index (χ0v) is 13.5. The van der Waals surface area contributed by atoms with Crippen LogP contribution in [0.25, 0.3) is 0 Å². The van der Waals surface area contributed by atoms with Crippen molar-refractivity contribution in [3.63, 3.8) is 0 Å². The number of halogens is 5. The fourth-order valence-electron chi connectivity index (χ4n) is 1.97. The van der Waals surface area contributed by atoms with E-state index in [1.165, 1.54) is 37.3 Å². The lowest BCUT2D eigenvalue weighted by molar-refractivity contribution is -0.138. The van der Waals surface area contributed by atoms with Crippen molar-refractivity contribution in [2.24, 2.45) is 5.10 Å². The monoisotopic (exact) mass is 380 g/mol. The van der Waals surface area contributed by atoms with Crippen LogP contribution in [0, 0.1) is 41.2 Å². The maximum Gasteiger partial charge on any atom is 0.416 e. The first kappa shape index (κ1) is 19.7. The first-order valence-corrected chi connectivity index (χ1v) is 7.15. The highest BCUT2D eigenvalue weighted by Gasteiger charge is 2.33. The fraction of sp³-hybridized carbons (Fsp3) is 0.118. The predicted octanol–water partition coefficient (Wildman–Crippen LogP) is 4.90. The smallest absolute Gasteiger partial charge is 0.416 e. The maximum absolute atomic E-state index is 13.9. The van der Waals surface area contributed by atoms with Crippen LogP contribution in [-0.4, -0.2) is 5.71 Å². The number of benzene rings is 2. The Labute approximate surface area is 149 Å². The summed E-state index contributed by atoms with van der Waals surface area (Å²) in [5.74, 6) is -4.10. The van der Waals surface area contributed by atoms with Gasteiger partial charge in [0.2, 0.25) is 5.71 Å². The van der Waals surface area contributed by atoms with Crippen LogP contribution in [-0.2, 0) is 6.18 Å². The zero-order chi connectivity index (χ0) is 20.2. The van der Waals surface area contributed by atoms with Gasteiger partial charge in [-0.05, 0) is 31.2 Å². The van der Waals surface area contributed by atoms with E-state index in [2.05, 4.69) is 10.5 Å². The quantitative estimate of drug-likeness (QED) is 0.465. The van der Waals surface area contributed by atoms with Crippen molar-refractivity contribution in [1.82, 2.24) is 0 Å². The number of alkyl halides is 3. The van der Waals surface area contributed by atoms with E-state index in [1.807, 2.05) is 0 Å². The van der Waals surface area contributed by atoms with Crippen LogP contribution < -0.4 is 10.2 Å². The average molecular weight is 380 g/mol. The van der Waals surface area contributed by atoms with Gasteiger partial charge in [0.15, 0.2) is 17.4 Å². The molecule has 0 fully saturated rings. The summed E-state index contributed by atoms with van der Waals surface area (Å²) in [4.78, 5) is 0. The summed E-state index contributed by atoms with van der Waals surface area (Å²) in [6.45, 7) is 1.48. The minimum Gasteiger partial charge on any atom is -0.451 e. The second kappa shape index (κ2) is 7.70. The number of nitriles is 2. The van der Waals surface area contributed by atoms with Crippen LogP contribution in [0.15, 0.2) is 35.4 Å². The summed E-state index contributed by atoms with van der Waals surface area (Å²) in [7, 11) is 0. The third-order valence-electron chi connectivity index (χ3n) is 3.32. The van der Waals surface area contributed by atoms with Crippen molar-refractivity contribution in [3.05, 3.63) is 53.1 Å². The highest BCUT2D eigenvalue weighted by atomic mass is 19.4.